The Hall–Kier alpha value is -1.69. The summed E-state index contributed by atoms with van der Waals surface area (Å²) in [5, 5.41) is 0. The molecule has 0 bridgehead atoms. The second-order valence-corrected chi connectivity index (χ2v) is 7.12. The maximum atomic E-state index is 13.3. The average molecular weight is 352 g/mol. The molecule has 25 heavy (non-hydrogen) atoms. The summed E-state index contributed by atoms with van der Waals surface area (Å²) in [5.74, 6) is -0.105. The van der Waals surface area contributed by atoms with Crippen molar-refractivity contribution in [1.29, 1.82) is 0 Å². The molecule has 140 valence electrons. The zero-order chi connectivity index (χ0) is 18.4. The zero-order valence-corrected chi connectivity index (χ0v) is 15.4. The van der Waals surface area contributed by atoms with Gasteiger partial charge in [-0.05, 0) is 37.7 Å². The summed E-state index contributed by atoms with van der Waals surface area (Å²) in [6, 6.07) is 2.69. The molecule has 2 unspecified atom stereocenters. The van der Waals surface area contributed by atoms with Crippen molar-refractivity contribution in [2.75, 3.05) is 26.2 Å². The number of carbonyl (C=O) groups excluding carboxylic acids is 1. The summed E-state index contributed by atoms with van der Waals surface area (Å²) in [6.45, 7) is 8.10. The van der Waals surface area contributed by atoms with Gasteiger partial charge in [0.1, 0.15) is 12.2 Å². The highest BCUT2D eigenvalue weighted by molar-refractivity contribution is 5.74. The normalized spacial score (nSPS) is 19.3. The van der Waals surface area contributed by atoms with Gasteiger partial charge in [0.05, 0.1) is 6.61 Å². The molecule has 1 aromatic heterocycles. The molecule has 1 aliphatic rings. The third kappa shape index (κ3) is 5.66. The van der Waals surface area contributed by atoms with Gasteiger partial charge in [0.15, 0.2) is 0 Å². The van der Waals surface area contributed by atoms with Gasteiger partial charge in [-0.15, -0.1) is 0 Å². The molecule has 0 N–H and O–H groups in total. The largest absolute Gasteiger partial charge is 0.464 e. The van der Waals surface area contributed by atoms with Gasteiger partial charge in [0, 0.05) is 31.9 Å². The molecule has 0 amide bonds. The van der Waals surface area contributed by atoms with Crippen LogP contribution >= 0.6 is 0 Å². The number of halogens is 1. The van der Waals surface area contributed by atoms with E-state index in [2.05, 4.69) is 4.90 Å². The first-order chi connectivity index (χ1) is 11.9. The van der Waals surface area contributed by atoms with Gasteiger partial charge in [0.25, 0.3) is 5.56 Å². The Labute approximate surface area is 148 Å². The van der Waals surface area contributed by atoms with Crippen molar-refractivity contribution in [3.8, 4) is 0 Å². The van der Waals surface area contributed by atoms with Crippen LogP contribution in [-0.2, 0) is 16.0 Å². The Morgan fingerprint density at radius 1 is 1.40 bits per heavy atom. The maximum absolute atomic E-state index is 13.3. The number of carbonyl (C=O) groups is 1. The van der Waals surface area contributed by atoms with E-state index in [0.29, 0.717) is 26.0 Å². The summed E-state index contributed by atoms with van der Waals surface area (Å²) in [5.41, 5.74) is 0.771. The van der Waals surface area contributed by atoms with Gasteiger partial charge < -0.3 is 14.2 Å². The van der Waals surface area contributed by atoms with Crippen molar-refractivity contribution < 1.29 is 13.9 Å². The maximum Gasteiger partial charge on any atom is 0.329 e. The second kappa shape index (κ2) is 9.13. The highest BCUT2D eigenvalue weighted by atomic mass is 19.1. The first-order valence-corrected chi connectivity index (χ1v) is 9.14. The fourth-order valence-electron chi connectivity index (χ4n) is 3.23. The smallest absolute Gasteiger partial charge is 0.329 e. The van der Waals surface area contributed by atoms with Crippen LogP contribution in [0.4, 0.5) is 4.39 Å². The van der Waals surface area contributed by atoms with Crippen LogP contribution in [0.1, 0.15) is 45.2 Å². The standard InChI is InChI=1S/C19H29FN2O3/c1-4-25-19(24)17(11-14(2)3)22-12-15(5-6-18(22)23)7-9-21-10-8-16(20)13-21/h5-6,12,14,16-17H,4,7-11,13H2,1-3H3. The highest BCUT2D eigenvalue weighted by Gasteiger charge is 2.24. The third-order valence-corrected chi connectivity index (χ3v) is 4.52. The van der Waals surface area contributed by atoms with E-state index in [1.807, 2.05) is 13.8 Å². The Balaban J connectivity index is 2.14. The first kappa shape index (κ1) is 19.6. The van der Waals surface area contributed by atoms with Crippen molar-refractivity contribution in [1.82, 2.24) is 9.47 Å². The van der Waals surface area contributed by atoms with Gasteiger partial charge in [0.2, 0.25) is 0 Å². The quantitative estimate of drug-likeness (QED) is 0.675. The van der Waals surface area contributed by atoms with Crippen molar-refractivity contribution in [3.05, 3.63) is 34.2 Å². The minimum absolute atomic E-state index is 0.201. The van der Waals surface area contributed by atoms with Crippen molar-refractivity contribution >= 4 is 5.97 Å². The SMILES string of the molecule is CCOC(=O)C(CC(C)C)n1cc(CCN2CCC(F)C2)ccc1=O. The Kier molecular flexibility index (Phi) is 7.17. The van der Waals surface area contributed by atoms with Crippen LogP contribution in [0.2, 0.25) is 0 Å². The molecule has 1 aromatic rings. The van der Waals surface area contributed by atoms with Gasteiger partial charge >= 0.3 is 5.97 Å². The van der Waals surface area contributed by atoms with E-state index in [0.717, 1.165) is 25.1 Å². The molecule has 6 heteroatoms. The molecule has 2 rings (SSSR count). The van der Waals surface area contributed by atoms with Crippen LogP contribution in [0.5, 0.6) is 0 Å². The molecule has 2 heterocycles. The fraction of sp³-hybridized carbons (Fsp3) is 0.684. The average Bonchev–Trinajstić information content (AvgIpc) is 2.97. The monoisotopic (exact) mass is 352 g/mol. The molecular formula is C19H29FN2O3. The van der Waals surface area contributed by atoms with Gasteiger partial charge in [-0.1, -0.05) is 19.9 Å². The van der Waals surface area contributed by atoms with Crippen molar-refractivity contribution in [2.24, 2.45) is 5.92 Å². The summed E-state index contributed by atoms with van der Waals surface area (Å²) in [6.07, 6.45) is 2.91. The van der Waals surface area contributed by atoms with E-state index in [1.165, 1.54) is 10.6 Å². The molecule has 1 aliphatic heterocycles. The van der Waals surface area contributed by atoms with E-state index in [1.54, 1.807) is 19.2 Å². The number of alkyl halides is 1. The van der Waals surface area contributed by atoms with Crippen LogP contribution in [-0.4, -0.2) is 47.8 Å². The summed E-state index contributed by atoms with van der Waals surface area (Å²) in [7, 11) is 0. The first-order valence-electron chi connectivity index (χ1n) is 9.14. The lowest BCUT2D eigenvalue weighted by molar-refractivity contribution is -0.147. The lowest BCUT2D eigenvalue weighted by Gasteiger charge is -2.21. The zero-order valence-electron chi connectivity index (χ0n) is 15.4. The van der Waals surface area contributed by atoms with Crippen LogP contribution in [0.15, 0.2) is 23.1 Å². The van der Waals surface area contributed by atoms with Gasteiger partial charge in [-0.25, -0.2) is 9.18 Å². The highest BCUT2D eigenvalue weighted by Crippen LogP contribution is 2.19. The summed E-state index contributed by atoms with van der Waals surface area (Å²) in [4.78, 5) is 26.7. The number of aromatic nitrogens is 1. The molecule has 0 radical (unpaired) electrons. The molecule has 2 atom stereocenters. The Morgan fingerprint density at radius 2 is 2.16 bits per heavy atom. The van der Waals surface area contributed by atoms with E-state index in [4.69, 9.17) is 4.74 Å². The number of hydrogen-bond donors (Lipinski definition) is 0. The molecule has 0 aliphatic carbocycles. The fourth-order valence-corrected chi connectivity index (χ4v) is 3.23. The van der Waals surface area contributed by atoms with Crippen LogP contribution in [0, 0.1) is 5.92 Å². The number of ether oxygens (including phenoxy) is 1. The van der Waals surface area contributed by atoms with Crippen LogP contribution < -0.4 is 5.56 Å². The van der Waals surface area contributed by atoms with Gasteiger partial charge in [-0.2, -0.15) is 0 Å². The van der Waals surface area contributed by atoms with E-state index < -0.39 is 12.2 Å². The van der Waals surface area contributed by atoms with Crippen molar-refractivity contribution in [2.45, 2.75) is 52.2 Å². The van der Waals surface area contributed by atoms with E-state index in [9.17, 15) is 14.0 Å². The molecule has 5 nitrogen and oxygen atoms in total. The predicted octanol–water partition coefficient (Wildman–Crippen LogP) is 2.58. The minimum Gasteiger partial charge on any atom is -0.464 e. The van der Waals surface area contributed by atoms with Crippen LogP contribution in [0.3, 0.4) is 0 Å². The number of hydrogen-bond acceptors (Lipinski definition) is 4. The molecule has 1 saturated heterocycles. The third-order valence-electron chi connectivity index (χ3n) is 4.52. The lowest BCUT2D eigenvalue weighted by Crippen LogP contribution is -2.32. The van der Waals surface area contributed by atoms with E-state index >= 15 is 0 Å². The molecule has 1 fully saturated rings. The molecule has 0 aromatic carbocycles. The number of esters is 1. The van der Waals surface area contributed by atoms with Crippen molar-refractivity contribution in [3.63, 3.8) is 0 Å². The van der Waals surface area contributed by atoms with Gasteiger partial charge in [-0.3, -0.25) is 4.79 Å². The Bertz CT molecular complexity index is 629. The number of pyridine rings is 1. The summed E-state index contributed by atoms with van der Waals surface area (Å²) >= 11 is 0. The topological polar surface area (TPSA) is 51.5 Å². The number of nitrogens with zero attached hydrogens (tertiary/aromatic N) is 2. The second-order valence-electron chi connectivity index (χ2n) is 7.12. The molecule has 0 saturated carbocycles. The van der Waals surface area contributed by atoms with E-state index in [-0.39, 0.29) is 17.4 Å². The number of rotatable bonds is 8. The summed E-state index contributed by atoms with van der Waals surface area (Å²) < 4.78 is 19.9. The molecular weight excluding hydrogens is 323 g/mol. The lowest BCUT2D eigenvalue weighted by atomic mass is 10.0. The number of likely N-dealkylation sites (tertiary alicyclic amines) is 1. The van der Waals surface area contributed by atoms with Crippen LogP contribution in [0.25, 0.3) is 0 Å². The predicted molar refractivity (Wildman–Crippen MR) is 95.5 cm³/mol. The Morgan fingerprint density at radius 3 is 2.76 bits per heavy atom. The molecule has 0 spiro atoms. The minimum atomic E-state index is -0.729.